The van der Waals surface area contributed by atoms with Crippen LogP contribution in [0, 0.1) is 11.3 Å². The molecule has 2 aromatic rings. The number of para-hydroxylation sites is 1. The molecule has 0 unspecified atom stereocenters. The number of anilines is 1. The van der Waals surface area contributed by atoms with Crippen LogP contribution in [0.15, 0.2) is 54.6 Å². The number of carbonyl (C=O) groups is 2. The lowest BCUT2D eigenvalue weighted by Gasteiger charge is -2.38. The van der Waals surface area contributed by atoms with E-state index in [-0.39, 0.29) is 36.5 Å². The van der Waals surface area contributed by atoms with E-state index in [0.717, 1.165) is 24.1 Å². The van der Waals surface area contributed by atoms with Crippen molar-refractivity contribution in [1.82, 2.24) is 5.32 Å². The van der Waals surface area contributed by atoms with Crippen LogP contribution in [0.25, 0.3) is 0 Å². The quantitative estimate of drug-likeness (QED) is 0.615. The average molecular weight is 454 g/mol. The summed E-state index contributed by atoms with van der Waals surface area (Å²) in [5.41, 5.74) is 1.60. The molecule has 1 aliphatic heterocycles. The summed E-state index contributed by atoms with van der Waals surface area (Å²) in [6, 6.07) is 19.1. The number of hydrogen-bond acceptors (Lipinski definition) is 4. The maximum absolute atomic E-state index is 12.8. The van der Waals surface area contributed by atoms with Crippen LogP contribution in [-0.4, -0.2) is 38.1 Å². The topological polar surface area (TPSA) is 82.4 Å². The molecule has 0 spiro atoms. The van der Waals surface area contributed by atoms with Gasteiger partial charge in [-0.15, -0.1) is 0 Å². The molecule has 168 valence electrons. The van der Waals surface area contributed by atoms with Gasteiger partial charge in [-0.1, -0.05) is 41.9 Å². The summed E-state index contributed by atoms with van der Waals surface area (Å²) in [5, 5.41) is 12.6. The Kier molecular flexibility index (Phi) is 8.66. The predicted molar refractivity (Wildman–Crippen MR) is 124 cm³/mol. The Morgan fingerprint density at radius 1 is 1.09 bits per heavy atom. The van der Waals surface area contributed by atoms with Gasteiger partial charge in [0.05, 0.1) is 12.5 Å². The summed E-state index contributed by atoms with van der Waals surface area (Å²) in [4.78, 5) is 27.0. The number of halogens is 1. The molecule has 6 nitrogen and oxygen atoms in total. The van der Waals surface area contributed by atoms with E-state index in [2.05, 4.69) is 11.4 Å². The van der Waals surface area contributed by atoms with Gasteiger partial charge in [0.2, 0.25) is 11.8 Å². The van der Waals surface area contributed by atoms with Gasteiger partial charge in [-0.3, -0.25) is 9.59 Å². The number of nitriles is 1. The highest BCUT2D eigenvalue weighted by Gasteiger charge is 2.35. The molecule has 0 atom stereocenters. The Morgan fingerprint density at radius 3 is 2.53 bits per heavy atom. The van der Waals surface area contributed by atoms with Crippen LogP contribution in [0.2, 0.25) is 5.02 Å². The molecular weight excluding hydrogens is 426 g/mol. The lowest BCUT2D eigenvalue weighted by molar-refractivity contribution is -0.125. The molecule has 0 aromatic heterocycles. The molecule has 0 radical (unpaired) electrons. The number of nitrogens with one attached hydrogen (secondary N) is 1. The van der Waals surface area contributed by atoms with Crippen LogP contribution in [-0.2, 0) is 19.7 Å². The first-order valence-electron chi connectivity index (χ1n) is 10.9. The van der Waals surface area contributed by atoms with Gasteiger partial charge in [-0.25, -0.2) is 0 Å². The first kappa shape index (κ1) is 23.8. The Morgan fingerprint density at radius 2 is 1.84 bits per heavy atom. The van der Waals surface area contributed by atoms with Crippen molar-refractivity contribution in [2.45, 2.75) is 37.5 Å². The fraction of sp³-hybridized carbons (Fsp3) is 0.400. The Bertz CT molecular complexity index is 952. The fourth-order valence-electron chi connectivity index (χ4n) is 4.03. The second-order valence-corrected chi connectivity index (χ2v) is 8.41. The molecule has 3 rings (SSSR count). The van der Waals surface area contributed by atoms with Crippen LogP contribution in [0.5, 0.6) is 0 Å². The molecule has 1 N–H and O–H groups in total. The number of hydrogen-bond donors (Lipinski definition) is 1. The first-order valence-corrected chi connectivity index (χ1v) is 11.2. The minimum absolute atomic E-state index is 0.0828. The van der Waals surface area contributed by atoms with Crippen molar-refractivity contribution in [3.05, 3.63) is 65.2 Å². The van der Waals surface area contributed by atoms with Crippen molar-refractivity contribution in [1.29, 1.82) is 5.26 Å². The number of benzene rings is 2. The molecule has 1 aliphatic rings. The summed E-state index contributed by atoms with van der Waals surface area (Å²) >= 11 is 6.21. The van der Waals surface area contributed by atoms with E-state index in [1.165, 1.54) is 0 Å². The number of carbonyl (C=O) groups excluding carboxylic acids is 2. The minimum atomic E-state index is -0.230. The van der Waals surface area contributed by atoms with Crippen molar-refractivity contribution in [3.63, 3.8) is 0 Å². The zero-order valence-corrected chi connectivity index (χ0v) is 18.8. The number of nitrogens with zero attached hydrogens (tertiary/aromatic N) is 2. The lowest BCUT2D eigenvalue weighted by Crippen LogP contribution is -2.44. The molecule has 7 heteroatoms. The summed E-state index contributed by atoms with van der Waals surface area (Å²) in [6.07, 6.45) is 2.00. The van der Waals surface area contributed by atoms with Gasteiger partial charge < -0.3 is 15.0 Å². The van der Waals surface area contributed by atoms with Gasteiger partial charge in [0.15, 0.2) is 0 Å². The first-order chi connectivity index (χ1) is 15.5. The largest absolute Gasteiger partial charge is 0.381 e. The van der Waals surface area contributed by atoms with Crippen molar-refractivity contribution in [2.75, 3.05) is 31.2 Å². The number of rotatable bonds is 9. The summed E-state index contributed by atoms with van der Waals surface area (Å²) in [5.74, 6) is -0.336. The third kappa shape index (κ3) is 6.32. The highest BCUT2D eigenvalue weighted by molar-refractivity contribution is 6.30. The molecule has 2 aromatic carbocycles. The number of ether oxygens (including phenoxy) is 1. The zero-order valence-electron chi connectivity index (χ0n) is 18.1. The Hall–Kier alpha value is -2.88. The molecule has 0 bridgehead atoms. The molecule has 0 aliphatic carbocycles. The highest BCUT2D eigenvalue weighted by atomic mass is 35.5. The maximum Gasteiger partial charge on any atom is 0.227 e. The molecule has 1 heterocycles. The molecular formula is C25H28ClN3O3. The smallest absolute Gasteiger partial charge is 0.227 e. The maximum atomic E-state index is 12.8. The van der Waals surface area contributed by atoms with Crippen molar-refractivity contribution in [2.24, 2.45) is 0 Å². The van der Waals surface area contributed by atoms with Gasteiger partial charge in [0, 0.05) is 55.3 Å². The van der Waals surface area contributed by atoms with Crippen LogP contribution < -0.4 is 10.2 Å². The standard InChI is InChI=1S/C25H28ClN3O3/c26-21-7-4-6-20(18-21)25(12-16-32-17-13-25)19-28-23(30)10-11-24(31)29(15-5-14-27)22-8-2-1-3-9-22/h1-4,6-9,18H,5,10-13,15-17,19H2,(H,28,30). The molecule has 1 saturated heterocycles. The summed E-state index contributed by atoms with van der Waals surface area (Å²) in [6.45, 7) is 2.04. The van der Waals surface area contributed by atoms with Crippen LogP contribution in [0.4, 0.5) is 5.69 Å². The molecule has 2 amide bonds. The monoisotopic (exact) mass is 453 g/mol. The molecule has 32 heavy (non-hydrogen) atoms. The lowest BCUT2D eigenvalue weighted by atomic mass is 9.74. The van der Waals surface area contributed by atoms with Gasteiger partial charge in [-0.2, -0.15) is 5.26 Å². The van der Waals surface area contributed by atoms with Crippen LogP contribution in [0.1, 0.15) is 37.7 Å². The Labute approximate surface area is 194 Å². The third-order valence-corrected chi connectivity index (χ3v) is 6.13. The van der Waals surface area contributed by atoms with E-state index < -0.39 is 0 Å². The molecule has 1 fully saturated rings. The van der Waals surface area contributed by atoms with Gasteiger partial charge in [0.25, 0.3) is 0 Å². The van der Waals surface area contributed by atoms with Gasteiger partial charge in [-0.05, 0) is 42.7 Å². The van der Waals surface area contributed by atoms with E-state index in [4.69, 9.17) is 21.6 Å². The summed E-state index contributed by atoms with van der Waals surface area (Å²) in [7, 11) is 0. The van der Waals surface area contributed by atoms with Gasteiger partial charge in [0.1, 0.15) is 0 Å². The SMILES string of the molecule is N#CCCN(C(=O)CCC(=O)NCC1(c2cccc(Cl)c2)CCOCC1)c1ccccc1. The Balaban J connectivity index is 1.59. The van der Waals surface area contributed by atoms with Crippen molar-refractivity contribution >= 4 is 29.1 Å². The van der Waals surface area contributed by atoms with E-state index in [0.29, 0.717) is 31.3 Å². The van der Waals surface area contributed by atoms with Crippen molar-refractivity contribution < 1.29 is 14.3 Å². The van der Waals surface area contributed by atoms with Crippen LogP contribution in [0.3, 0.4) is 0 Å². The zero-order chi connectivity index (χ0) is 22.8. The van der Waals surface area contributed by atoms with E-state index in [9.17, 15) is 9.59 Å². The van der Waals surface area contributed by atoms with E-state index in [1.54, 1.807) is 4.90 Å². The van der Waals surface area contributed by atoms with Crippen LogP contribution >= 0.6 is 11.6 Å². The number of amides is 2. The normalized spacial score (nSPS) is 14.9. The second-order valence-electron chi connectivity index (χ2n) is 7.97. The predicted octanol–water partition coefficient (Wildman–Crippen LogP) is 4.23. The summed E-state index contributed by atoms with van der Waals surface area (Å²) < 4.78 is 5.54. The van der Waals surface area contributed by atoms with Crippen molar-refractivity contribution in [3.8, 4) is 6.07 Å². The average Bonchev–Trinajstić information content (AvgIpc) is 2.83. The fourth-order valence-corrected chi connectivity index (χ4v) is 4.22. The van der Waals surface area contributed by atoms with E-state index >= 15 is 0 Å². The van der Waals surface area contributed by atoms with Gasteiger partial charge >= 0.3 is 0 Å². The second kappa shape index (κ2) is 11.7. The van der Waals surface area contributed by atoms with E-state index in [1.807, 2.05) is 54.6 Å². The minimum Gasteiger partial charge on any atom is -0.381 e. The highest BCUT2D eigenvalue weighted by Crippen LogP contribution is 2.35. The molecule has 0 saturated carbocycles. The third-order valence-electron chi connectivity index (χ3n) is 5.89.